The van der Waals surface area contributed by atoms with Crippen LogP contribution in [0.3, 0.4) is 0 Å². The Kier molecular flexibility index (Phi) is 7.24. The Balaban J connectivity index is 1.75. The number of hydrogen-bond donors (Lipinski definition) is 1. The van der Waals surface area contributed by atoms with Gasteiger partial charge in [0.1, 0.15) is 11.0 Å². The summed E-state index contributed by atoms with van der Waals surface area (Å²) in [5, 5.41) is 2.38. The van der Waals surface area contributed by atoms with E-state index < -0.39 is 15.3 Å². The molecule has 164 valence electrons. The van der Waals surface area contributed by atoms with Gasteiger partial charge in [-0.2, -0.15) is 8.42 Å². The van der Waals surface area contributed by atoms with Gasteiger partial charge in [-0.25, -0.2) is 0 Å². The van der Waals surface area contributed by atoms with Crippen LogP contribution in [0.4, 0.5) is 5.69 Å². The zero-order valence-corrected chi connectivity index (χ0v) is 19.1. The number of amidine groups is 1. The predicted molar refractivity (Wildman–Crippen MR) is 121 cm³/mol. The van der Waals surface area contributed by atoms with Crippen LogP contribution in [0.25, 0.3) is 0 Å². The molecule has 31 heavy (non-hydrogen) atoms. The molecule has 1 aliphatic heterocycles. The van der Waals surface area contributed by atoms with Gasteiger partial charge in [-0.05, 0) is 43.3 Å². The first-order chi connectivity index (χ1) is 14.7. The van der Waals surface area contributed by atoms with E-state index in [1.165, 1.54) is 36.3 Å². The summed E-state index contributed by atoms with van der Waals surface area (Å²) in [6.07, 6.45) is -0.128. The molecule has 2 amide bonds. The van der Waals surface area contributed by atoms with Crippen molar-refractivity contribution < 1.29 is 22.7 Å². The largest absolute Gasteiger partial charge is 0.497 e. The lowest BCUT2D eigenvalue weighted by Gasteiger charge is -2.13. The molecule has 0 spiro atoms. The van der Waals surface area contributed by atoms with Crippen molar-refractivity contribution >= 4 is 56.1 Å². The monoisotopic (exact) mass is 481 g/mol. The van der Waals surface area contributed by atoms with Gasteiger partial charge < -0.3 is 10.1 Å². The summed E-state index contributed by atoms with van der Waals surface area (Å²) in [7, 11) is -2.51. The number of rotatable bonds is 7. The zero-order valence-electron chi connectivity index (χ0n) is 16.7. The topological polar surface area (TPSA) is 105 Å². The van der Waals surface area contributed by atoms with Crippen LogP contribution in [-0.4, -0.2) is 49.2 Å². The molecular weight excluding hydrogens is 462 g/mol. The summed E-state index contributed by atoms with van der Waals surface area (Å²) < 4.78 is 34.2. The number of thioether (sulfide) groups is 1. The Morgan fingerprint density at radius 2 is 1.97 bits per heavy atom. The van der Waals surface area contributed by atoms with Crippen LogP contribution in [-0.2, 0) is 19.6 Å². The van der Waals surface area contributed by atoms with Gasteiger partial charge in [0.2, 0.25) is 11.8 Å². The highest BCUT2D eigenvalue weighted by Gasteiger charge is 2.39. The molecular formula is C20H20ClN3O5S2. The molecule has 1 saturated heterocycles. The number of anilines is 1. The normalized spacial score (nSPS) is 17.8. The van der Waals surface area contributed by atoms with E-state index >= 15 is 0 Å². The molecule has 8 nitrogen and oxygen atoms in total. The van der Waals surface area contributed by atoms with Crippen molar-refractivity contribution in [3.05, 3.63) is 53.6 Å². The average molecular weight is 482 g/mol. The number of hydrogen-bond acceptors (Lipinski definition) is 6. The maximum Gasteiger partial charge on any atom is 0.284 e. The standard InChI is InChI=1S/C20H20ClN3O5S2/c1-3-24-19(26)17(12-18(25)22-14-5-4-6-15(11-14)29-2)30-20(24)23-31(27,28)16-9-7-13(21)8-10-16/h4-11,17H,3,12H2,1-2H3,(H,22,25)/b23-20+. The smallest absolute Gasteiger partial charge is 0.284 e. The second kappa shape index (κ2) is 9.71. The number of benzene rings is 2. The Morgan fingerprint density at radius 3 is 2.61 bits per heavy atom. The van der Waals surface area contributed by atoms with Gasteiger partial charge in [0.05, 0.1) is 12.0 Å². The second-order valence-electron chi connectivity index (χ2n) is 6.48. The summed E-state index contributed by atoms with van der Waals surface area (Å²) >= 11 is 6.77. The number of amides is 2. The molecule has 2 aromatic rings. The van der Waals surface area contributed by atoms with Crippen molar-refractivity contribution in [2.75, 3.05) is 19.0 Å². The quantitative estimate of drug-likeness (QED) is 0.649. The fourth-order valence-corrected chi connectivity index (χ4v) is 5.39. The van der Waals surface area contributed by atoms with Crippen LogP contribution in [0.15, 0.2) is 57.8 Å². The van der Waals surface area contributed by atoms with Crippen LogP contribution in [0, 0.1) is 0 Å². The number of carbonyl (C=O) groups is 2. The minimum atomic E-state index is -4.03. The van der Waals surface area contributed by atoms with Crippen molar-refractivity contribution in [1.82, 2.24) is 4.90 Å². The molecule has 1 atom stereocenters. The van der Waals surface area contributed by atoms with Gasteiger partial charge in [-0.3, -0.25) is 14.5 Å². The fourth-order valence-electron chi connectivity index (χ4n) is 2.84. The van der Waals surface area contributed by atoms with Crippen molar-refractivity contribution in [3.8, 4) is 5.75 Å². The van der Waals surface area contributed by atoms with E-state index in [0.717, 1.165) is 11.8 Å². The zero-order chi connectivity index (χ0) is 22.6. The molecule has 0 aromatic heterocycles. The highest BCUT2D eigenvalue weighted by Crippen LogP contribution is 2.31. The van der Waals surface area contributed by atoms with E-state index in [-0.39, 0.29) is 34.8 Å². The van der Waals surface area contributed by atoms with Gasteiger partial charge >= 0.3 is 0 Å². The summed E-state index contributed by atoms with van der Waals surface area (Å²) in [4.78, 5) is 26.4. The van der Waals surface area contributed by atoms with Crippen LogP contribution in [0.1, 0.15) is 13.3 Å². The molecule has 0 radical (unpaired) electrons. The molecule has 1 heterocycles. The van der Waals surface area contributed by atoms with E-state index in [4.69, 9.17) is 16.3 Å². The van der Waals surface area contributed by atoms with E-state index in [9.17, 15) is 18.0 Å². The SMILES string of the molecule is CCN1C(=O)C(CC(=O)Nc2cccc(OC)c2)S/C1=N/S(=O)(=O)c1ccc(Cl)cc1. The minimum Gasteiger partial charge on any atom is -0.497 e. The Labute approximate surface area is 189 Å². The molecule has 0 aliphatic carbocycles. The van der Waals surface area contributed by atoms with Crippen molar-refractivity contribution in [1.29, 1.82) is 0 Å². The Bertz CT molecular complexity index is 1120. The Morgan fingerprint density at radius 1 is 1.26 bits per heavy atom. The first-order valence-corrected chi connectivity index (χ1v) is 12.0. The lowest BCUT2D eigenvalue weighted by molar-refractivity contribution is -0.128. The van der Waals surface area contributed by atoms with Crippen molar-refractivity contribution in [2.45, 2.75) is 23.5 Å². The molecule has 1 aliphatic rings. The lowest BCUT2D eigenvalue weighted by Crippen LogP contribution is -2.33. The summed E-state index contributed by atoms with van der Waals surface area (Å²) in [6, 6.07) is 12.4. The van der Waals surface area contributed by atoms with E-state index in [0.29, 0.717) is 16.5 Å². The molecule has 2 aromatic carbocycles. The van der Waals surface area contributed by atoms with E-state index in [1.54, 1.807) is 31.2 Å². The number of carbonyl (C=O) groups excluding carboxylic acids is 2. The summed E-state index contributed by atoms with van der Waals surface area (Å²) in [5.74, 6) is -0.154. The minimum absolute atomic E-state index is 0.0345. The van der Waals surface area contributed by atoms with Gasteiger partial charge in [0.15, 0.2) is 5.17 Å². The van der Waals surface area contributed by atoms with Gasteiger partial charge in [-0.15, -0.1) is 4.40 Å². The summed E-state index contributed by atoms with van der Waals surface area (Å²) in [6.45, 7) is 1.94. The van der Waals surface area contributed by atoms with Gasteiger partial charge in [-0.1, -0.05) is 29.4 Å². The first kappa shape index (κ1) is 23.1. The lowest BCUT2D eigenvalue weighted by atomic mass is 10.2. The summed E-state index contributed by atoms with van der Waals surface area (Å²) in [5.41, 5.74) is 0.534. The third kappa shape index (κ3) is 5.57. The third-order valence-electron chi connectivity index (χ3n) is 4.37. The highest BCUT2D eigenvalue weighted by atomic mass is 35.5. The second-order valence-corrected chi connectivity index (χ2v) is 9.69. The Hall–Kier alpha value is -2.56. The van der Waals surface area contributed by atoms with Crippen LogP contribution < -0.4 is 10.1 Å². The first-order valence-electron chi connectivity index (χ1n) is 9.26. The highest BCUT2D eigenvalue weighted by molar-refractivity contribution is 8.16. The molecule has 1 unspecified atom stereocenters. The van der Waals surface area contributed by atoms with E-state index in [1.807, 2.05) is 0 Å². The molecule has 3 rings (SSSR count). The molecule has 0 bridgehead atoms. The van der Waals surface area contributed by atoms with Crippen LogP contribution in [0.2, 0.25) is 5.02 Å². The number of methoxy groups -OCH3 is 1. The predicted octanol–water partition coefficient (Wildman–Crippen LogP) is 3.39. The molecule has 11 heteroatoms. The molecule has 0 saturated carbocycles. The van der Waals surface area contributed by atoms with Crippen molar-refractivity contribution in [2.24, 2.45) is 4.40 Å². The number of nitrogens with zero attached hydrogens (tertiary/aromatic N) is 2. The molecule has 1 fully saturated rings. The maximum atomic E-state index is 12.7. The fraction of sp³-hybridized carbons (Fsp3) is 0.250. The molecule has 1 N–H and O–H groups in total. The number of sulfonamides is 1. The average Bonchev–Trinajstić information content (AvgIpc) is 3.01. The van der Waals surface area contributed by atoms with E-state index in [2.05, 4.69) is 9.71 Å². The van der Waals surface area contributed by atoms with Gasteiger partial charge in [0.25, 0.3) is 10.0 Å². The third-order valence-corrected chi connectivity index (χ3v) is 7.19. The van der Waals surface area contributed by atoms with Gasteiger partial charge in [0, 0.05) is 29.7 Å². The van der Waals surface area contributed by atoms with Crippen LogP contribution in [0.5, 0.6) is 5.75 Å². The number of nitrogens with one attached hydrogen (secondary N) is 1. The number of ether oxygens (including phenoxy) is 1. The maximum absolute atomic E-state index is 12.7. The van der Waals surface area contributed by atoms with Crippen LogP contribution >= 0.6 is 23.4 Å². The number of halogens is 1. The van der Waals surface area contributed by atoms with Crippen molar-refractivity contribution in [3.63, 3.8) is 0 Å².